The van der Waals surface area contributed by atoms with E-state index in [1.807, 2.05) is 48.5 Å². The first-order valence-corrected chi connectivity index (χ1v) is 19.6. The number of para-hydroxylation sites is 2. The number of phenolic OH excluding ortho intramolecular Hbond substituents is 1. The SMILES string of the molecule is CCOc1cccc([C@H]2C3=CC[C@@H]4C(=O)N(c5ccc(Nc6ccccc6)cc5)C(=O)[C@@H]4[C@@H]3C[C@H]3C(=O)N(Nc4ccc(F)cc4)C(=O)[C@@]23c2ccc(Cl)cc2)c1O. The second kappa shape index (κ2) is 14.5. The Hall–Kier alpha value is -6.46. The van der Waals surface area contributed by atoms with Crippen LogP contribution >= 0.6 is 11.6 Å². The lowest BCUT2D eigenvalue weighted by Crippen LogP contribution is -2.53. The number of aromatic hydroxyl groups is 1. The molecule has 2 aliphatic carbocycles. The first kappa shape index (κ1) is 37.1. The van der Waals surface area contributed by atoms with E-state index in [1.54, 1.807) is 61.5 Å². The Kier molecular flexibility index (Phi) is 9.27. The van der Waals surface area contributed by atoms with Crippen molar-refractivity contribution in [2.24, 2.45) is 23.7 Å². The van der Waals surface area contributed by atoms with E-state index in [0.29, 0.717) is 33.1 Å². The molecule has 292 valence electrons. The van der Waals surface area contributed by atoms with E-state index in [9.17, 15) is 23.9 Å². The lowest BCUT2D eigenvalue weighted by molar-refractivity contribution is -0.138. The van der Waals surface area contributed by atoms with Gasteiger partial charge in [-0.25, -0.2) is 4.39 Å². The third-order valence-corrected chi connectivity index (χ3v) is 12.3. The van der Waals surface area contributed by atoms with E-state index in [4.69, 9.17) is 16.3 Å². The molecular weight excluding hydrogens is 759 g/mol. The maximum absolute atomic E-state index is 15.4. The molecule has 0 unspecified atom stereocenters. The Bertz CT molecular complexity index is 2480. The Morgan fingerprint density at radius 3 is 2.19 bits per heavy atom. The molecule has 3 fully saturated rings. The molecule has 0 aromatic heterocycles. The number of phenols is 1. The second-order valence-corrected chi connectivity index (χ2v) is 15.5. The van der Waals surface area contributed by atoms with Crippen molar-refractivity contribution >= 4 is 58.0 Å². The number of nitrogens with one attached hydrogen (secondary N) is 2. The highest BCUT2D eigenvalue weighted by molar-refractivity contribution is 6.30. The molecule has 0 spiro atoms. The molecule has 3 N–H and O–H groups in total. The number of ether oxygens (including phenoxy) is 1. The van der Waals surface area contributed by atoms with Crippen LogP contribution in [0.3, 0.4) is 0 Å². The smallest absolute Gasteiger partial charge is 0.260 e. The van der Waals surface area contributed by atoms with Gasteiger partial charge in [-0.1, -0.05) is 65.7 Å². The Morgan fingerprint density at radius 1 is 0.793 bits per heavy atom. The van der Waals surface area contributed by atoms with E-state index < -0.39 is 58.5 Å². The summed E-state index contributed by atoms with van der Waals surface area (Å²) in [6, 6.07) is 33.8. The minimum absolute atomic E-state index is 0.0526. The molecule has 5 aromatic rings. The number of amides is 4. The Morgan fingerprint density at radius 2 is 1.48 bits per heavy atom. The number of hydrogen-bond donors (Lipinski definition) is 3. The number of carbonyl (C=O) groups excluding carboxylic acids is 4. The maximum atomic E-state index is 15.4. The number of allylic oxidation sites excluding steroid dienone is 2. The molecular formula is C46H38ClFN4O6. The van der Waals surface area contributed by atoms with Gasteiger partial charge in [-0.3, -0.25) is 29.5 Å². The summed E-state index contributed by atoms with van der Waals surface area (Å²) in [5.41, 5.74) is 5.17. The van der Waals surface area contributed by atoms with Gasteiger partial charge < -0.3 is 15.2 Å². The van der Waals surface area contributed by atoms with Crippen LogP contribution < -0.4 is 20.4 Å². The van der Waals surface area contributed by atoms with Gasteiger partial charge in [0.2, 0.25) is 11.8 Å². The van der Waals surface area contributed by atoms with Gasteiger partial charge in [-0.2, -0.15) is 5.01 Å². The second-order valence-electron chi connectivity index (χ2n) is 15.1. The Balaban J connectivity index is 1.17. The van der Waals surface area contributed by atoms with E-state index >= 15 is 4.79 Å². The van der Waals surface area contributed by atoms with Crippen LogP contribution in [0.5, 0.6) is 11.5 Å². The quantitative estimate of drug-likeness (QED) is 0.100. The number of rotatable bonds is 9. The van der Waals surface area contributed by atoms with Crippen LogP contribution in [0.2, 0.25) is 5.02 Å². The number of nitrogens with zero attached hydrogens (tertiary/aromatic N) is 2. The minimum Gasteiger partial charge on any atom is -0.504 e. The van der Waals surface area contributed by atoms with Crippen LogP contribution in [-0.4, -0.2) is 40.4 Å². The Labute approximate surface area is 338 Å². The van der Waals surface area contributed by atoms with Gasteiger partial charge in [0.25, 0.3) is 11.8 Å². The molecule has 2 saturated heterocycles. The number of anilines is 4. The standard InChI is InChI=1S/C46H38ClFN4O6/c1-2-58-38-10-6-9-35(41(38)53)40-33-23-24-34-39(44(56)51(42(34)54)32-21-19-30(20-22-32)49-29-7-4-3-5-8-29)36(33)25-37-43(55)52(50-31-17-15-28(48)16-18-31)45(57)46(37,40)26-11-13-27(47)14-12-26/h3-23,34,36-37,39-40,49-50,53H,2,24-25H2,1H3/t34-,36+,37-,39-,40+,46+/m0/s1. The molecule has 9 rings (SSSR count). The van der Waals surface area contributed by atoms with Crippen LogP contribution in [0.15, 0.2) is 133 Å². The maximum Gasteiger partial charge on any atom is 0.260 e. The van der Waals surface area contributed by atoms with Gasteiger partial charge >= 0.3 is 0 Å². The van der Waals surface area contributed by atoms with Crippen LogP contribution in [0.1, 0.15) is 36.8 Å². The molecule has 4 amide bonds. The van der Waals surface area contributed by atoms with Gasteiger partial charge in [0.15, 0.2) is 11.5 Å². The average Bonchev–Trinajstić information content (AvgIpc) is 3.61. The van der Waals surface area contributed by atoms with Gasteiger partial charge in [0.1, 0.15) is 5.82 Å². The van der Waals surface area contributed by atoms with E-state index in [0.717, 1.165) is 16.4 Å². The van der Waals surface area contributed by atoms with Crippen molar-refractivity contribution in [3.8, 4) is 11.5 Å². The van der Waals surface area contributed by atoms with Crippen molar-refractivity contribution in [1.29, 1.82) is 0 Å². The third kappa shape index (κ3) is 5.83. The van der Waals surface area contributed by atoms with Crippen LogP contribution in [-0.2, 0) is 24.6 Å². The predicted octanol–water partition coefficient (Wildman–Crippen LogP) is 8.52. The molecule has 0 bridgehead atoms. The zero-order valence-corrected chi connectivity index (χ0v) is 32.0. The lowest BCUT2D eigenvalue weighted by atomic mass is 9.49. The molecule has 1 saturated carbocycles. The number of benzene rings is 5. The van der Waals surface area contributed by atoms with Crippen LogP contribution in [0, 0.1) is 29.5 Å². The van der Waals surface area contributed by atoms with Gasteiger partial charge in [0.05, 0.1) is 41.2 Å². The topological polar surface area (TPSA) is 128 Å². The zero-order chi connectivity index (χ0) is 40.3. The molecule has 2 aliphatic heterocycles. The van der Waals surface area contributed by atoms with E-state index in [1.165, 1.54) is 29.2 Å². The van der Waals surface area contributed by atoms with Crippen LogP contribution in [0.4, 0.5) is 27.1 Å². The largest absolute Gasteiger partial charge is 0.504 e. The summed E-state index contributed by atoms with van der Waals surface area (Å²) < 4.78 is 19.8. The number of hydrogen-bond acceptors (Lipinski definition) is 8. The third-order valence-electron chi connectivity index (χ3n) is 12.1. The average molecular weight is 797 g/mol. The first-order chi connectivity index (χ1) is 28.1. The van der Waals surface area contributed by atoms with Crippen molar-refractivity contribution in [2.75, 3.05) is 22.2 Å². The number of fused-ring (bicyclic) bond motifs is 4. The summed E-state index contributed by atoms with van der Waals surface area (Å²) >= 11 is 6.40. The zero-order valence-electron chi connectivity index (χ0n) is 31.3. The van der Waals surface area contributed by atoms with Crippen molar-refractivity contribution in [1.82, 2.24) is 5.01 Å². The fraction of sp³-hybridized carbons (Fsp3) is 0.217. The molecule has 12 heteroatoms. The summed E-state index contributed by atoms with van der Waals surface area (Å²) in [6.07, 6.45) is 2.18. The summed E-state index contributed by atoms with van der Waals surface area (Å²) in [5.74, 6) is -6.67. The van der Waals surface area contributed by atoms with Crippen molar-refractivity contribution in [3.63, 3.8) is 0 Å². The van der Waals surface area contributed by atoms with Crippen molar-refractivity contribution in [2.45, 2.75) is 31.1 Å². The molecule has 58 heavy (non-hydrogen) atoms. The summed E-state index contributed by atoms with van der Waals surface area (Å²) in [5, 5.41) is 16.7. The molecule has 2 heterocycles. The summed E-state index contributed by atoms with van der Waals surface area (Å²) in [4.78, 5) is 60.6. The normalized spacial score (nSPS) is 24.9. The highest BCUT2D eigenvalue weighted by Crippen LogP contribution is 2.65. The van der Waals surface area contributed by atoms with Crippen LogP contribution in [0.25, 0.3) is 0 Å². The molecule has 4 aliphatic rings. The van der Waals surface area contributed by atoms with E-state index in [2.05, 4.69) is 10.7 Å². The number of carbonyl (C=O) groups is 4. The molecule has 6 atom stereocenters. The van der Waals surface area contributed by atoms with Gasteiger partial charge in [-0.05, 0) is 110 Å². The highest BCUT2D eigenvalue weighted by atomic mass is 35.5. The summed E-state index contributed by atoms with van der Waals surface area (Å²) in [6.45, 7) is 2.04. The first-order valence-electron chi connectivity index (χ1n) is 19.2. The van der Waals surface area contributed by atoms with Crippen molar-refractivity contribution < 1.29 is 33.4 Å². The highest BCUT2D eigenvalue weighted by Gasteiger charge is 2.70. The summed E-state index contributed by atoms with van der Waals surface area (Å²) in [7, 11) is 0. The van der Waals surface area contributed by atoms with E-state index in [-0.39, 0.29) is 36.9 Å². The monoisotopic (exact) mass is 796 g/mol. The fourth-order valence-corrected chi connectivity index (χ4v) is 9.81. The predicted molar refractivity (Wildman–Crippen MR) is 217 cm³/mol. The minimum atomic E-state index is -1.65. The number of hydrazine groups is 1. The fourth-order valence-electron chi connectivity index (χ4n) is 9.68. The number of imide groups is 2. The van der Waals surface area contributed by atoms with Crippen molar-refractivity contribution in [3.05, 3.63) is 155 Å². The molecule has 5 aromatic carbocycles. The molecule has 0 radical (unpaired) electrons. The van der Waals surface area contributed by atoms with Gasteiger partial charge in [-0.15, -0.1) is 0 Å². The number of halogens is 2. The lowest BCUT2D eigenvalue weighted by Gasteiger charge is -2.50. The van der Waals surface area contributed by atoms with Gasteiger partial charge in [0, 0.05) is 27.9 Å². The molecule has 10 nitrogen and oxygen atoms in total.